The lowest BCUT2D eigenvalue weighted by Crippen LogP contribution is -2.42. The highest BCUT2D eigenvalue weighted by atomic mass is 79.9. The minimum Gasteiger partial charge on any atom is -0.481 e. The number of carboxylic acid groups (broad SMARTS) is 1. The molecule has 1 saturated carbocycles. The molecule has 4 heteroatoms. The summed E-state index contributed by atoms with van der Waals surface area (Å²) in [6.45, 7) is 0. The summed E-state index contributed by atoms with van der Waals surface area (Å²) in [4.78, 5) is 11.0. The molecule has 98 valence electrons. The van der Waals surface area contributed by atoms with Gasteiger partial charge in [0.1, 0.15) is 0 Å². The van der Waals surface area contributed by atoms with E-state index in [0.717, 1.165) is 28.4 Å². The van der Waals surface area contributed by atoms with Crippen LogP contribution in [0.15, 0.2) is 40.9 Å². The molecule has 19 heavy (non-hydrogen) atoms. The Kier molecular flexibility index (Phi) is 3.19. The van der Waals surface area contributed by atoms with E-state index in [1.807, 2.05) is 12.1 Å². The molecule has 0 aliphatic heterocycles. The number of rotatable bonds is 3. The topological polar surface area (TPSA) is 49.3 Å². The Morgan fingerprint density at radius 1 is 1.16 bits per heavy atom. The van der Waals surface area contributed by atoms with Gasteiger partial charge >= 0.3 is 5.97 Å². The number of aliphatic carboxylic acids is 1. The molecule has 2 N–H and O–H groups in total. The summed E-state index contributed by atoms with van der Waals surface area (Å²) >= 11 is 3.45. The van der Waals surface area contributed by atoms with Crippen LogP contribution >= 0.6 is 15.9 Å². The molecule has 0 amide bonds. The first-order chi connectivity index (χ1) is 9.13. The lowest BCUT2D eigenvalue weighted by atomic mass is 9.79. The molecule has 0 aromatic heterocycles. The van der Waals surface area contributed by atoms with Gasteiger partial charge in [0.2, 0.25) is 0 Å². The molecule has 1 aliphatic rings. The second kappa shape index (κ2) is 4.85. The van der Waals surface area contributed by atoms with E-state index in [2.05, 4.69) is 45.5 Å². The van der Waals surface area contributed by atoms with Crippen LogP contribution in [0.2, 0.25) is 0 Å². The number of hydrogen-bond donors (Lipinski definition) is 2. The van der Waals surface area contributed by atoms with E-state index in [-0.39, 0.29) is 12.0 Å². The van der Waals surface area contributed by atoms with Gasteiger partial charge in [-0.3, -0.25) is 4.79 Å². The fraction of sp³-hybridized carbons (Fsp3) is 0.267. The third-order valence-electron chi connectivity index (χ3n) is 3.75. The molecule has 3 nitrogen and oxygen atoms in total. The Labute approximate surface area is 119 Å². The van der Waals surface area contributed by atoms with E-state index in [4.69, 9.17) is 5.11 Å². The second-order valence-electron chi connectivity index (χ2n) is 4.98. The predicted octanol–water partition coefficient (Wildman–Crippen LogP) is 3.88. The smallest absolute Gasteiger partial charge is 0.308 e. The first-order valence-corrected chi connectivity index (χ1v) is 7.11. The van der Waals surface area contributed by atoms with E-state index in [1.54, 1.807) is 0 Å². The van der Waals surface area contributed by atoms with Crippen molar-refractivity contribution in [1.29, 1.82) is 0 Å². The number of fused-ring (bicyclic) bond motifs is 1. The monoisotopic (exact) mass is 319 g/mol. The van der Waals surface area contributed by atoms with Crippen LogP contribution in [0.25, 0.3) is 10.8 Å². The van der Waals surface area contributed by atoms with E-state index >= 15 is 0 Å². The van der Waals surface area contributed by atoms with Crippen LogP contribution in [0.4, 0.5) is 5.69 Å². The number of halogens is 1. The Bertz CT molecular complexity index is 641. The van der Waals surface area contributed by atoms with Gasteiger partial charge in [0.15, 0.2) is 0 Å². The van der Waals surface area contributed by atoms with Crippen LogP contribution < -0.4 is 5.32 Å². The molecular weight excluding hydrogens is 306 g/mol. The van der Waals surface area contributed by atoms with Gasteiger partial charge in [0.25, 0.3) is 0 Å². The first kappa shape index (κ1) is 12.5. The summed E-state index contributed by atoms with van der Waals surface area (Å²) in [7, 11) is 0. The maximum Gasteiger partial charge on any atom is 0.308 e. The molecule has 2 aromatic carbocycles. The fourth-order valence-electron chi connectivity index (χ4n) is 2.49. The van der Waals surface area contributed by atoms with E-state index in [9.17, 15) is 4.79 Å². The van der Waals surface area contributed by atoms with Gasteiger partial charge in [-0.25, -0.2) is 0 Å². The average Bonchev–Trinajstić information content (AvgIpc) is 2.34. The molecule has 0 saturated heterocycles. The zero-order chi connectivity index (χ0) is 13.4. The van der Waals surface area contributed by atoms with Crippen molar-refractivity contribution in [3.63, 3.8) is 0 Å². The third kappa shape index (κ3) is 2.45. The summed E-state index contributed by atoms with van der Waals surface area (Å²) in [5, 5.41) is 14.7. The minimum absolute atomic E-state index is 0.0606. The number of anilines is 1. The van der Waals surface area contributed by atoms with Gasteiger partial charge in [0, 0.05) is 16.2 Å². The normalized spacial score (nSPS) is 21.9. The molecule has 2 atom stereocenters. The fourth-order valence-corrected chi connectivity index (χ4v) is 2.87. The van der Waals surface area contributed by atoms with Crippen molar-refractivity contribution in [2.24, 2.45) is 5.92 Å². The van der Waals surface area contributed by atoms with Gasteiger partial charge in [-0.1, -0.05) is 28.1 Å². The molecule has 0 spiro atoms. The zero-order valence-corrected chi connectivity index (χ0v) is 11.9. The highest BCUT2D eigenvalue weighted by Gasteiger charge is 2.36. The summed E-state index contributed by atoms with van der Waals surface area (Å²) in [6.07, 6.45) is 1.70. The lowest BCUT2D eigenvalue weighted by molar-refractivity contribution is -0.144. The van der Waals surface area contributed by atoms with Crippen LogP contribution in [0.3, 0.4) is 0 Å². The van der Waals surface area contributed by atoms with Gasteiger partial charge in [-0.15, -0.1) is 0 Å². The van der Waals surface area contributed by atoms with Crippen molar-refractivity contribution in [1.82, 2.24) is 0 Å². The summed E-state index contributed by atoms with van der Waals surface area (Å²) < 4.78 is 1.06. The van der Waals surface area contributed by atoms with Crippen molar-refractivity contribution < 1.29 is 9.90 Å². The molecule has 0 radical (unpaired) electrons. The highest BCUT2D eigenvalue weighted by molar-refractivity contribution is 9.10. The second-order valence-corrected chi connectivity index (χ2v) is 5.89. The van der Waals surface area contributed by atoms with E-state index < -0.39 is 5.97 Å². The van der Waals surface area contributed by atoms with E-state index in [0.29, 0.717) is 0 Å². The molecule has 0 bridgehead atoms. The molecule has 1 fully saturated rings. The summed E-state index contributed by atoms with van der Waals surface area (Å²) in [5.74, 6) is -0.950. The maximum atomic E-state index is 11.0. The van der Waals surface area contributed by atoms with Crippen molar-refractivity contribution in [2.45, 2.75) is 18.9 Å². The zero-order valence-electron chi connectivity index (χ0n) is 10.3. The molecule has 2 unspecified atom stereocenters. The molecule has 1 aliphatic carbocycles. The Balaban J connectivity index is 1.82. The van der Waals surface area contributed by atoms with Gasteiger partial charge in [0.05, 0.1) is 5.92 Å². The standard InChI is InChI=1S/C15H14BrNO2/c16-11-3-1-10-8-12(4-2-9(10)7-11)17-14-6-5-13(14)15(18)19/h1-4,7-8,13-14,17H,5-6H2,(H,18,19). The van der Waals surface area contributed by atoms with Gasteiger partial charge < -0.3 is 10.4 Å². The molecule has 2 aromatic rings. The third-order valence-corrected chi connectivity index (χ3v) is 4.24. The van der Waals surface area contributed by atoms with Gasteiger partial charge in [-0.2, -0.15) is 0 Å². The molecule has 0 heterocycles. The van der Waals surface area contributed by atoms with Crippen molar-refractivity contribution in [3.05, 3.63) is 40.9 Å². The van der Waals surface area contributed by atoms with Crippen LogP contribution in [0.5, 0.6) is 0 Å². The predicted molar refractivity (Wildman–Crippen MR) is 79.4 cm³/mol. The number of carboxylic acids is 1. The summed E-state index contributed by atoms with van der Waals surface area (Å²) in [5.41, 5.74) is 0.991. The van der Waals surface area contributed by atoms with E-state index in [1.165, 1.54) is 5.39 Å². The molecule has 3 rings (SSSR count). The Hall–Kier alpha value is -1.55. The van der Waals surface area contributed by atoms with Crippen LogP contribution in [0.1, 0.15) is 12.8 Å². The quantitative estimate of drug-likeness (QED) is 0.902. The minimum atomic E-state index is -0.700. The number of hydrogen-bond acceptors (Lipinski definition) is 2. The number of benzene rings is 2. The van der Waals surface area contributed by atoms with Crippen LogP contribution in [-0.4, -0.2) is 17.1 Å². The average molecular weight is 320 g/mol. The lowest BCUT2D eigenvalue weighted by Gasteiger charge is -2.34. The van der Waals surface area contributed by atoms with Crippen LogP contribution in [-0.2, 0) is 4.79 Å². The Morgan fingerprint density at radius 3 is 2.58 bits per heavy atom. The van der Waals surface area contributed by atoms with Crippen molar-refractivity contribution in [3.8, 4) is 0 Å². The summed E-state index contributed by atoms with van der Waals surface area (Å²) in [6, 6.07) is 12.3. The largest absolute Gasteiger partial charge is 0.481 e. The number of nitrogens with one attached hydrogen (secondary N) is 1. The first-order valence-electron chi connectivity index (χ1n) is 6.32. The van der Waals surface area contributed by atoms with Gasteiger partial charge in [-0.05, 0) is 47.9 Å². The van der Waals surface area contributed by atoms with Crippen molar-refractivity contribution >= 4 is 38.4 Å². The molecular formula is C15H14BrNO2. The number of carbonyl (C=O) groups is 1. The SMILES string of the molecule is O=C(O)C1CCC1Nc1ccc2cc(Br)ccc2c1. The maximum absolute atomic E-state index is 11.0. The highest BCUT2D eigenvalue weighted by Crippen LogP contribution is 2.31. The van der Waals surface area contributed by atoms with Crippen molar-refractivity contribution in [2.75, 3.05) is 5.32 Å². The van der Waals surface area contributed by atoms with Crippen LogP contribution in [0, 0.1) is 5.92 Å². The Morgan fingerprint density at radius 2 is 1.89 bits per heavy atom.